The van der Waals surface area contributed by atoms with Gasteiger partial charge in [-0.15, -0.1) is 0 Å². The molecule has 0 aliphatic heterocycles. The second-order valence-electron chi connectivity index (χ2n) is 9.36. The third-order valence-corrected chi connectivity index (χ3v) is 5.97. The molecule has 0 spiro atoms. The first-order chi connectivity index (χ1) is 15.0. The van der Waals surface area contributed by atoms with Crippen LogP contribution in [0.5, 0.6) is 0 Å². The number of amides is 1. The number of hydrogen-bond acceptors (Lipinski definition) is 5. The number of carbonyl (C=O) groups is 1. The summed E-state index contributed by atoms with van der Waals surface area (Å²) in [6.45, 7) is 4.49. The number of unbranched alkanes of at least 4 members (excludes halogenated alkanes) is 7. The van der Waals surface area contributed by atoms with Gasteiger partial charge in [0.25, 0.3) is 0 Å². The SMILES string of the molecule is CCC/C=C/C(O)C(COP(=O)(O)OCC[N+](C)(C)C)NC(=O)CCCCCCCCC. The number of carbonyl (C=O) groups excluding carboxylic acids is 1. The summed E-state index contributed by atoms with van der Waals surface area (Å²) >= 11 is 0. The van der Waals surface area contributed by atoms with Gasteiger partial charge in [0.1, 0.15) is 13.2 Å². The molecule has 9 heteroatoms. The van der Waals surface area contributed by atoms with Crippen molar-refractivity contribution >= 4 is 13.7 Å². The predicted octanol–water partition coefficient (Wildman–Crippen LogP) is 4.17. The van der Waals surface area contributed by atoms with Crippen LogP contribution in [0.3, 0.4) is 0 Å². The Balaban J connectivity index is 4.64. The van der Waals surface area contributed by atoms with Gasteiger partial charge in [0, 0.05) is 6.42 Å². The molecule has 0 radical (unpaired) electrons. The molecule has 32 heavy (non-hydrogen) atoms. The largest absolute Gasteiger partial charge is 0.472 e. The van der Waals surface area contributed by atoms with E-state index < -0.39 is 20.0 Å². The van der Waals surface area contributed by atoms with Crippen LogP contribution < -0.4 is 5.32 Å². The van der Waals surface area contributed by atoms with Crippen LogP contribution in [0.25, 0.3) is 0 Å². The Morgan fingerprint density at radius 2 is 1.66 bits per heavy atom. The lowest BCUT2D eigenvalue weighted by molar-refractivity contribution is -0.870. The van der Waals surface area contributed by atoms with Crippen molar-refractivity contribution in [3.8, 4) is 0 Å². The van der Waals surface area contributed by atoms with Gasteiger partial charge in [-0.1, -0.05) is 70.9 Å². The molecule has 0 aromatic heterocycles. The lowest BCUT2D eigenvalue weighted by atomic mass is 10.1. The molecule has 0 aliphatic carbocycles. The van der Waals surface area contributed by atoms with Crippen LogP contribution in [0, 0.1) is 0 Å². The quantitative estimate of drug-likeness (QED) is 0.105. The number of allylic oxidation sites excluding steroid dienone is 1. The molecule has 190 valence electrons. The standard InChI is InChI=1S/C23H47N2O6P/c1-6-8-10-11-12-13-15-17-23(27)24-21(22(26)16-14-9-7-2)20-31-32(28,29)30-19-18-25(3,4)5/h14,16,21-22,26H,6-13,15,17-20H2,1-5H3,(H-,24,27,28,29)/p+1/b16-14+. The number of nitrogens with one attached hydrogen (secondary N) is 1. The van der Waals surface area contributed by atoms with Crippen LogP contribution >= 0.6 is 7.82 Å². The van der Waals surface area contributed by atoms with E-state index in [0.29, 0.717) is 17.4 Å². The number of quaternary nitrogens is 1. The summed E-state index contributed by atoms with van der Waals surface area (Å²) in [4.78, 5) is 22.3. The van der Waals surface area contributed by atoms with E-state index in [1.165, 1.54) is 25.7 Å². The fourth-order valence-electron chi connectivity index (χ4n) is 2.93. The van der Waals surface area contributed by atoms with E-state index >= 15 is 0 Å². The summed E-state index contributed by atoms with van der Waals surface area (Å²) < 4.78 is 22.9. The van der Waals surface area contributed by atoms with Gasteiger partial charge in [0.2, 0.25) is 5.91 Å². The second kappa shape index (κ2) is 17.7. The number of aliphatic hydroxyl groups excluding tert-OH is 1. The number of aliphatic hydroxyl groups is 1. The van der Waals surface area contributed by atoms with Crippen molar-refractivity contribution in [3.05, 3.63) is 12.2 Å². The monoisotopic (exact) mass is 479 g/mol. The molecular formula is C23H48N2O6P+. The summed E-state index contributed by atoms with van der Waals surface area (Å²) in [6, 6.07) is -0.831. The topological polar surface area (TPSA) is 105 Å². The number of nitrogens with zero attached hydrogens (tertiary/aromatic N) is 1. The third-order valence-electron chi connectivity index (χ3n) is 4.99. The van der Waals surface area contributed by atoms with Crippen molar-refractivity contribution in [2.24, 2.45) is 0 Å². The van der Waals surface area contributed by atoms with Crippen molar-refractivity contribution in [2.75, 3.05) is 40.9 Å². The van der Waals surface area contributed by atoms with E-state index in [4.69, 9.17) is 9.05 Å². The highest BCUT2D eigenvalue weighted by Crippen LogP contribution is 2.43. The molecular weight excluding hydrogens is 431 g/mol. The first kappa shape index (κ1) is 31.2. The van der Waals surface area contributed by atoms with E-state index in [-0.39, 0.29) is 19.1 Å². The molecule has 0 aliphatic rings. The summed E-state index contributed by atoms with van der Waals surface area (Å²) in [5.41, 5.74) is 0. The molecule has 8 nitrogen and oxygen atoms in total. The van der Waals surface area contributed by atoms with Crippen molar-refractivity contribution in [1.29, 1.82) is 0 Å². The van der Waals surface area contributed by atoms with Crippen LogP contribution in [-0.4, -0.2) is 73.4 Å². The molecule has 0 rings (SSSR count). The first-order valence-electron chi connectivity index (χ1n) is 12.1. The summed E-state index contributed by atoms with van der Waals surface area (Å²) in [5.74, 6) is -0.200. The molecule has 0 fully saturated rings. The van der Waals surface area contributed by atoms with Gasteiger partial charge in [-0.3, -0.25) is 13.8 Å². The molecule has 0 aromatic rings. The van der Waals surface area contributed by atoms with Crippen LogP contribution in [0.2, 0.25) is 0 Å². The lowest BCUT2D eigenvalue weighted by Crippen LogP contribution is -2.45. The Labute approximate surface area is 195 Å². The zero-order valence-corrected chi connectivity index (χ0v) is 21.8. The van der Waals surface area contributed by atoms with Gasteiger partial charge in [-0.05, 0) is 12.8 Å². The Hall–Kier alpha value is -0.760. The highest BCUT2D eigenvalue weighted by molar-refractivity contribution is 7.47. The van der Waals surface area contributed by atoms with E-state index in [1.54, 1.807) is 6.08 Å². The van der Waals surface area contributed by atoms with E-state index in [2.05, 4.69) is 12.2 Å². The minimum Gasteiger partial charge on any atom is -0.387 e. The number of phosphoric ester groups is 1. The van der Waals surface area contributed by atoms with Crippen LogP contribution in [0.4, 0.5) is 0 Å². The van der Waals surface area contributed by atoms with Crippen molar-refractivity contribution in [3.63, 3.8) is 0 Å². The van der Waals surface area contributed by atoms with Crippen LogP contribution in [0.1, 0.15) is 78.1 Å². The zero-order chi connectivity index (χ0) is 24.5. The maximum atomic E-state index is 12.4. The smallest absolute Gasteiger partial charge is 0.387 e. The average Bonchev–Trinajstić information content (AvgIpc) is 2.69. The zero-order valence-electron chi connectivity index (χ0n) is 20.9. The van der Waals surface area contributed by atoms with Crippen molar-refractivity contribution in [1.82, 2.24) is 5.32 Å². The maximum absolute atomic E-state index is 12.4. The fourth-order valence-corrected chi connectivity index (χ4v) is 3.66. The Bertz CT molecular complexity index is 565. The normalized spacial score (nSPS) is 16.1. The molecule has 1 amide bonds. The highest BCUT2D eigenvalue weighted by atomic mass is 31.2. The van der Waals surface area contributed by atoms with Gasteiger partial charge < -0.3 is 19.8 Å². The average molecular weight is 480 g/mol. The second-order valence-corrected chi connectivity index (χ2v) is 10.8. The number of phosphoric acid groups is 1. The lowest BCUT2D eigenvalue weighted by Gasteiger charge is -2.25. The van der Waals surface area contributed by atoms with Crippen LogP contribution in [0.15, 0.2) is 12.2 Å². The molecule has 0 bridgehead atoms. The van der Waals surface area contributed by atoms with Gasteiger partial charge in [0.05, 0.1) is 39.9 Å². The minimum atomic E-state index is -4.28. The Morgan fingerprint density at radius 3 is 2.25 bits per heavy atom. The first-order valence-corrected chi connectivity index (χ1v) is 13.6. The van der Waals surface area contributed by atoms with Gasteiger partial charge >= 0.3 is 7.82 Å². The van der Waals surface area contributed by atoms with Gasteiger partial charge in [-0.25, -0.2) is 4.57 Å². The summed E-state index contributed by atoms with van der Waals surface area (Å²) in [7, 11) is 1.56. The number of hydrogen-bond donors (Lipinski definition) is 3. The maximum Gasteiger partial charge on any atom is 0.472 e. The van der Waals surface area contributed by atoms with E-state index in [0.717, 1.165) is 32.1 Å². The van der Waals surface area contributed by atoms with Crippen molar-refractivity contribution < 1.29 is 32.9 Å². The molecule has 0 saturated carbocycles. The number of likely N-dealkylation sites (N-methyl/N-ethyl adjacent to an activating group) is 1. The van der Waals surface area contributed by atoms with Gasteiger partial charge in [-0.2, -0.15) is 0 Å². The van der Waals surface area contributed by atoms with E-state index in [1.807, 2.05) is 34.1 Å². The fraction of sp³-hybridized carbons (Fsp3) is 0.870. The third kappa shape index (κ3) is 18.8. The summed E-state index contributed by atoms with van der Waals surface area (Å²) in [6.07, 6.45) is 12.2. The van der Waals surface area contributed by atoms with Crippen LogP contribution in [-0.2, 0) is 18.4 Å². The number of rotatable bonds is 20. The minimum absolute atomic E-state index is 0.0610. The Kier molecular flexibility index (Phi) is 17.3. The molecule has 0 heterocycles. The molecule has 0 aromatic carbocycles. The molecule has 3 atom stereocenters. The molecule has 3 unspecified atom stereocenters. The highest BCUT2D eigenvalue weighted by Gasteiger charge is 2.27. The Morgan fingerprint density at radius 1 is 1.03 bits per heavy atom. The molecule has 0 saturated heterocycles. The summed E-state index contributed by atoms with van der Waals surface area (Å²) in [5, 5.41) is 13.2. The van der Waals surface area contributed by atoms with E-state index in [9.17, 15) is 19.4 Å². The molecule has 3 N–H and O–H groups in total. The van der Waals surface area contributed by atoms with Crippen molar-refractivity contribution in [2.45, 2.75) is 90.2 Å². The van der Waals surface area contributed by atoms with Gasteiger partial charge in [0.15, 0.2) is 0 Å². The predicted molar refractivity (Wildman–Crippen MR) is 129 cm³/mol.